The van der Waals surface area contributed by atoms with Crippen LogP contribution in [0.3, 0.4) is 0 Å². The molecule has 2 N–H and O–H groups in total. The lowest BCUT2D eigenvalue weighted by atomic mass is 10.0. The highest BCUT2D eigenvalue weighted by Crippen LogP contribution is 2.26. The van der Waals surface area contributed by atoms with Gasteiger partial charge in [-0.25, -0.2) is 0 Å². The molecule has 1 aliphatic carbocycles. The van der Waals surface area contributed by atoms with Gasteiger partial charge in [-0.1, -0.05) is 6.42 Å². The van der Waals surface area contributed by atoms with Crippen LogP contribution in [0.4, 0.5) is 0 Å². The second-order valence-corrected chi connectivity index (χ2v) is 4.56. The topological polar surface area (TPSA) is 35.5 Å². The first-order chi connectivity index (χ1) is 6.69. The summed E-state index contributed by atoms with van der Waals surface area (Å²) in [6.45, 7) is 3.43. The van der Waals surface area contributed by atoms with Gasteiger partial charge in [0.15, 0.2) is 0 Å². The minimum Gasteiger partial charge on any atom is -0.395 e. The minimum absolute atomic E-state index is 0.257. The van der Waals surface area contributed by atoms with Crippen LogP contribution in [0.2, 0.25) is 0 Å². The van der Waals surface area contributed by atoms with Crippen molar-refractivity contribution in [3.63, 3.8) is 0 Å². The molecule has 0 aromatic heterocycles. The Morgan fingerprint density at radius 1 is 1.50 bits per heavy atom. The average Bonchev–Trinajstić information content (AvgIpc) is 2.63. The van der Waals surface area contributed by atoms with Crippen LogP contribution in [0, 0.1) is 5.92 Å². The number of hydrogen-bond donors (Lipinski definition) is 2. The summed E-state index contributed by atoms with van der Waals surface area (Å²) in [5.74, 6) is 0.763. The quantitative estimate of drug-likeness (QED) is 0.685. The molecule has 0 radical (unpaired) electrons. The van der Waals surface area contributed by atoms with Crippen LogP contribution in [0.25, 0.3) is 0 Å². The van der Waals surface area contributed by atoms with Crippen molar-refractivity contribution in [3.8, 4) is 0 Å². The Balaban J connectivity index is 2.35. The van der Waals surface area contributed by atoms with Gasteiger partial charge in [-0.3, -0.25) is 0 Å². The first-order valence-corrected chi connectivity index (χ1v) is 5.67. The summed E-state index contributed by atoms with van der Waals surface area (Å²) in [6.07, 6.45) is 3.98. The molecule has 84 valence electrons. The smallest absolute Gasteiger partial charge is 0.0584 e. The number of nitrogens with zero attached hydrogens (tertiary/aromatic N) is 1. The van der Waals surface area contributed by atoms with Gasteiger partial charge in [-0.05, 0) is 39.8 Å². The summed E-state index contributed by atoms with van der Waals surface area (Å²) in [6, 6.07) is 0.969. The second kappa shape index (κ2) is 5.69. The summed E-state index contributed by atoms with van der Waals surface area (Å²) in [4.78, 5) is 2.26. The number of aliphatic hydroxyl groups excluding tert-OH is 1. The first kappa shape index (κ1) is 12.0. The van der Waals surface area contributed by atoms with Crippen molar-refractivity contribution < 1.29 is 5.11 Å². The molecule has 3 unspecified atom stereocenters. The van der Waals surface area contributed by atoms with Crippen molar-refractivity contribution in [1.29, 1.82) is 0 Å². The van der Waals surface area contributed by atoms with Crippen molar-refractivity contribution in [3.05, 3.63) is 0 Å². The van der Waals surface area contributed by atoms with Crippen molar-refractivity contribution in [1.82, 2.24) is 10.2 Å². The van der Waals surface area contributed by atoms with Crippen LogP contribution in [0.1, 0.15) is 26.2 Å². The zero-order valence-corrected chi connectivity index (χ0v) is 9.66. The Morgan fingerprint density at radius 2 is 2.21 bits per heavy atom. The molecule has 3 atom stereocenters. The molecule has 0 bridgehead atoms. The lowest BCUT2D eigenvalue weighted by molar-refractivity contribution is 0.138. The molecule has 0 spiro atoms. The zero-order valence-electron chi connectivity index (χ0n) is 9.66. The molecule has 0 heterocycles. The fourth-order valence-corrected chi connectivity index (χ4v) is 2.32. The van der Waals surface area contributed by atoms with Crippen molar-refractivity contribution in [2.45, 2.75) is 38.3 Å². The lowest BCUT2D eigenvalue weighted by Crippen LogP contribution is -2.40. The fourth-order valence-electron chi connectivity index (χ4n) is 2.32. The van der Waals surface area contributed by atoms with Gasteiger partial charge in [0.1, 0.15) is 0 Å². The molecule has 3 heteroatoms. The van der Waals surface area contributed by atoms with Crippen LogP contribution in [0.15, 0.2) is 0 Å². The first-order valence-electron chi connectivity index (χ1n) is 5.67. The summed E-state index contributed by atoms with van der Waals surface area (Å²) in [5, 5.41) is 12.4. The van der Waals surface area contributed by atoms with Gasteiger partial charge in [-0.15, -0.1) is 0 Å². The van der Waals surface area contributed by atoms with Gasteiger partial charge in [0.05, 0.1) is 6.61 Å². The third kappa shape index (κ3) is 2.94. The van der Waals surface area contributed by atoms with Gasteiger partial charge in [-0.2, -0.15) is 0 Å². The maximum atomic E-state index is 9.04. The van der Waals surface area contributed by atoms with E-state index in [0.29, 0.717) is 6.04 Å². The van der Waals surface area contributed by atoms with E-state index in [4.69, 9.17) is 5.11 Å². The maximum absolute atomic E-state index is 9.04. The van der Waals surface area contributed by atoms with Crippen molar-refractivity contribution in [2.24, 2.45) is 5.92 Å². The number of aliphatic hydroxyl groups is 1. The Hall–Kier alpha value is -0.120. The van der Waals surface area contributed by atoms with Crippen LogP contribution in [-0.4, -0.2) is 49.3 Å². The summed E-state index contributed by atoms with van der Waals surface area (Å²) >= 11 is 0. The van der Waals surface area contributed by atoms with Crippen LogP contribution in [-0.2, 0) is 0 Å². The highest BCUT2D eigenvalue weighted by Gasteiger charge is 2.27. The summed E-state index contributed by atoms with van der Waals surface area (Å²) in [5.41, 5.74) is 0. The SMILES string of the molecule is CNC1CCCC1CN(C)C(C)CO. The predicted molar refractivity (Wildman–Crippen MR) is 59.4 cm³/mol. The third-order valence-electron chi connectivity index (χ3n) is 3.57. The molecule has 3 nitrogen and oxygen atoms in total. The molecule has 1 rings (SSSR count). The molecular weight excluding hydrogens is 176 g/mol. The van der Waals surface area contributed by atoms with E-state index in [1.54, 1.807) is 0 Å². The van der Waals surface area contributed by atoms with Gasteiger partial charge < -0.3 is 15.3 Å². The fraction of sp³-hybridized carbons (Fsp3) is 1.00. The number of hydrogen-bond acceptors (Lipinski definition) is 3. The van der Waals surface area contributed by atoms with Crippen LogP contribution < -0.4 is 5.32 Å². The van der Waals surface area contributed by atoms with Crippen LogP contribution in [0.5, 0.6) is 0 Å². The van der Waals surface area contributed by atoms with Gasteiger partial charge >= 0.3 is 0 Å². The molecule has 14 heavy (non-hydrogen) atoms. The molecule has 1 aliphatic rings. The van der Waals surface area contributed by atoms with Gasteiger partial charge in [0.25, 0.3) is 0 Å². The number of nitrogens with one attached hydrogen (secondary N) is 1. The molecule has 0 saturated heterocycles. The Kier molecular flexibility index (Phi) is 4.85. The Morgan fingerprint density at radius 3 is 2.79 bits per heavy atom. The third-order valence-corrected chi connectivity index (χ3v) is 3.57. The van der Waals surface area contributed by atoms with Gasteiger partial charge in [0, 0.05) is 18.6 Å². The van der Waals surface area contributed by atoms with E-state index in [9.17, 15) is 0 Å². The zero-order chi connectivity index (χ0) is 10.6. The lowest BCUT2D eigenvalue weighted by Gasteiger charge is -2.28. The van der Waals surface area contributed by atoms with E-state index in [-0.39, 0.29) is 12.6 Å². The van der Waals surface area contributed by atoms with E-state index < -0.39 is 0 Å². The molecule has 0 amide bonds. The summed E-state index contributed by atoms with van der Waals surface area (Å²) in [7, 11) is 4.16. The molecule has 1 fully saturated rings. The normalized spacial score (nSPS) is 29.8. The van der Waals surface area contributed by atoms with E-state index in [1.165, 1.54) is 19.3 Å². The number of likely N-dealkylation sites (N-methyl/N-ethyl adjacent to an activating group) is 1. The Labute approximate surface area is 87.5 Å². The summed E-state index contributed by atoms with van der Waals surface area (Å²) < 4.78 is 0. The van der Waals surface area contributed by atoms with Crippen molar-refractivity contribution in [2.75, 3.05) is 27.2 Å². The second-order valence-electron chi connectivity index (χ2n) is 4.56. The molecular formula is C11H24N2O. The number of rotatable bonds is 5. The average molecular weight is 200 g/mol. The molecule has 0 aromatic rings. The highest BCUT2D eigenvalue weighted by atomic mass is 16.3. The largest absolute Gasteiger partial charge is 0.395 e. The highest BCUT2D eigenvalue weighted by molar-refractivity contribution is 4.84. The monoisotopic (exact) mass is 200 g/mol. The molecule has 0 aromatic carbocycles. The van der Waals surface area contributed by atoms with Crippen LogP contribution >= 0.6 is 0 Å². The molecule has 1 saturated carbocycles. The standard InChI is InChI=1S/C11H24N2O/c1-9(8-14)13(3)7-10-5-4-6-11(10)12-2/h9-12,14H,4-8H2,1-3H3. The maximum Gasteiger partial charge on any atom is 0.0584 e. The van der Waals surface area contributed by atoms with Gasteiger partial charge in [0.2, 0.25) is 0 Å². The van der Waals surface area contributed by atoms with E-state index in [0.717, 1.165) is 12.5 Å². The minimum atomic E-state index is 0.257. The molecule has 0 aliphatic heterocycles. The van der Waals surface area contributed by atoms with Crippen molar-refractivity contribution >= 4 is 0 Å². The van der Waals surface area contributed by atoms with E-state index in [2.05, 4.69) is 31.2 Å². The Bertz CT molecular complexity index is 163. The van der Waals surface area contributed by atoms with E-state index >= 15 is 0 Å². The predicted octanol–water partition coefficient (Wildman–Crippen LogP) is 0.687. The van der Waals surface area contributed by atoms with E-state index in [1.807, 2.05) is 0 Å².